The molecule has 2 N–H and O–H groups in total. The van der Waals surface area contributed by atoms with Gasteiger partial charge >= 0.3 is 0 Å². The number of nitrogens with one attached hydrogen (secondary N) is 2. The van der Waals surface area contributed by atoms with E-state index in [1.54, 1.807) is 67.6 Å². The van der Waals surface area contributed by atoms with Gasteiger partial charge in [-0.25, -0.2) is 0 Å². The number of benzene rings is 4. The minimum absolute atomic E-state index is 0.0440. The van der Waals surface area contributed by atoms with E-state index in [4.69, 9.17) is 34.8 Å². The van der Waals surface area contributed by atoms with Gasteiger partial charge in [0.05, 0.1) is 54.3 Å². The van der Waals surface area contributed by atoms with Crippen LogP contribution in [-0.2, 0) is 0 Å². The van der Waals surface area contributed by atoms with Crippen molar-refractivity contribution in [2.24, 2.45) is 9.98 Å². The summed E-state index contributed by atoms with van der Waals surface area (Å²) in [7, 11) is 0. The fraction of sp³-hybridized carbons (Fsp3) is 0.0323. The number of nitrogens with zero attached hydrogens (tertiary/aromatic N) is 2. The Hall–Kier alpha value is -4.63. The molecule has 2 aliphatic heterocycles. The molecular weight excluding hydrogens is 599 g/mol. The van der Waals surface area contributed by atoms with Crippen LogP contribution < -0.4 is 10.6 Å². The van der Waals surface area contributed by atoms with Crippen molar-refractivity contribution in [2.45, 2.75) is 6.92 Å². The highest BCUT2D eigenvalue weighted by molar-refractivity contribution is 6.51. The molecule has 0 fully saturated rings. The van der Waals surface area contributed by atoms with Crippen LogP contribution in [0.5, 0.6) is 0 Å². The average molecular weight is 614 g/mol. The number of rotatable bonds is 2. The smallest absolute Gasteiger partial charge is 0.280 e. The zero-order valence-corrected chi connectivity index (χ0v) is 23.7. The number of amides is 2. The second kappa shape index (κ2) is 9.46. The first-order valence-electron chi connectivity index (χ1n) is 12.6. The molecular formula is C31H15Cl3N4O4. The van der Waals surface area contributed by atoms with Crippen LogP contribution in [-0.4, -0.2) is 35.1 Å². The first-order chi connectivity index (χ1) is 20.2. The molecule has 0 atom stereocenters. The van der Waals surface area contributed by atoms with E-state index < -0.39 is 23.4 Å². The van der Waals surface area contributed by atoms with Crippen molar-refractivity contribution < 1.29 is 19.2 Å². The molecule has 2 heterocycles. The third-order valence-corrected chi connectivity index (χ3v) is 8.85. The third kappa shape index (κ3) is 3.69. The van der Waals surface area contributed by atoms with Crippen LogP contribution in [0.25, 0.3) is 0 Å². The summed E-state index contributed by atoms with van der Waals surface area (Å²) in [5, 5.41) is 6.40. The molecule has 0 spiro atoms. The van der Waals surface area contributed by atoms with Crippen molar-refractivity contribution in [2.75, 3.05) is 10.6 Å². The van der Waals surface area contributed by atoms with Gasteiger partial charge in [-0.05, 0) is 30.7 Å². The second-order valence-electron chi connectivity index (χ2n) is 9.76. The zero-order valence-electron chi connectivity index (χ0n) is 21.4. The number of ketones is 2. The number of fused-ring (bicyclic) bond motifs is 4. The Balaban J connectivity index is 1.29. The minimum Gasteiger partial charge on any atom is -0.339 e. The van der Waals surface area contributed by atoms with E-state index in [0.29, 0.717) is 28.2 Å². The summed E-state index contributed by atoms with van der Waals surface area (Å²) in [6, 6.07) is 16.6. The van der Waals surface area contributed by atoms with Crippen LogP contribution in [0.2, 0.25) is 15.1 Å². The Bertz CT molecular complexity index is 2070. The van der Waals surface area contributed by atoms with Crippen molar-refractivity contribution in [3.8, 4) is 0 Å². The van der Waals surface area contributed by atoms with Gasteiger partial charge in [0.1, 0.15) is 11.7 Å². The van der Waals surface area contributed by atoms with Gasteiger partial charge in [0.15, 0.2) is 11.6 Å². The number of hydrogen-bond acceptors (Lipinski definition) is 6. The highest BCUT2D eigenvalue weighted by atomic mass is 35.5. The molecule has 204 valence electrons. The predicted octanol–water partition coefficient (Wildman–Crippen LogP) is 6.76. The van der Waals surface area contributed by atoms with Crippen molar-refractivity contribution in [3.63, 3.8) is 0 Å². The monoisotopic (exact) mass is 612 g/mol. The first kappa shape index (κ1) is 26.3. The molecule has 0 aromatic heterocycles. The van der Waals surface area contributed by atoms with Gasteiger partial charge in [0.25, 0.3) is 11.8 Å². The van der Waals surface area contributed by atoms with Crippen LogP contribution >= 0.6 is 34.8 Å². The van der Waals surface area contributed by atoms with Crippen LogP contribution in [0, 0.1) is 6.92 Å². The maximum Gasteiger partial charge on any atom is 0.280 e. The summed E-state index contributed by atoms with van der Waals surface area (Å²) >= 11 is 19.1. The Labute approximate surface area is 253 Å². The van der Waals surface area contributed by atoms with E-state index in [0.717, 1.165) is 0 Å². The lowest BCUT2D eigenvalue weighted by atomic mass is 9.82. The third-order valence-electron chi connectivity index (χ3n) is 7.43. The molecule has 1 aliphatic carbocycles. The SMILES string of the molecule is Cc1c(Cl)c(Cl)c(Cl)c2c1C(=O)N=C2Nc1cccc2c1C(=O)c1cccc(NC3=NC(=O)c4ccccc43)c1C2=O. The van der Waals surface area contributed by atoms with Gasteiger partial charge in [-0.3, -0.25) is 19.2 Å². The standard InChI is InChI=1S/C31H15Cl3N4O4/c1-12-19-22(24(33)25(34)23(12)32)29(38-31(19)42)36-18-11-5-9-16-21(18)27(40)15-8-4-10-17(20(15)26(16)39)35-28-13-6-2-3-7-14(13)30(41)37-28/h2-11H,1H3,(H,35,37,41)(H,36,38,42). The van der Waals surface area contributed by atoms with Gasteiger partial charge in [-0.1, -0.05) is 77.3 Å². The summed E-state index contributed by atoms with van der Waals surface area (Å²) < 4.78 is 0. The molecule has 4 aromatic rings. The summed E-state index contributed by atoms with van der Waals surface area (Å²) in [5.41, 5.74) is 3.13. The molecule has 3 aliphatic rings. The lowest BCUT2D eigenvalue weighted by molar-refractivity contribution is 0.0980. The average Bonchev–Trinajstić information content (AvgIpc) is 3.49. The van der Waals surface area contributed by atoms with Gasteiger partial charge < -0.3 is 10.6 Å². The molecule has 42 heavy (non-hydrogen) atoms. The molecule has 0 saturated carbocycles. The highest BCUT2D eigenvalue weighted by Crippen LogP contribution is 2.42. The van der Waals surface area contributed by atoms with E-state index in [-0.39, 0.29) is 60.0 Å². The largest absolute Gasteiger partial charge is 0.339 e. The van der Waals surface area contributed by atoms with E-state index in [1.165, 1.54) is 0 Å². The quantitative estimate of drug-likeness (QED) is 0.213. The number of carbonyl (C=O) groups is 4. The Morgan fingerprint density at radius 3 is 1.67 bits per heavy atom. The molecule has 7 rings (SSSR count). The molecule has 0 saturated heterocycles. The van der Waals surface area contributed by atoms with Crippen LogP contribution in [0.1, 0.15) is 69.2 Å². The Kier molecular flexibility index (Phi) is 5.92. The summed E-state index contributed by atoms with van der Waals surface area (Å²) in [4.78, 5) is 61.2. The van der Waals surface area contributed by atoms with Crippen LogP contribution in [0.3, 0.4) is 0 Å². The first-order valence-corrected chi connectivity index (χ1v) is 13.7. The lowest BCUT2D eigenvalue weighted by Gasteiger charge is -2.23. The van der Waals surface area contributed by atoms with E-state index in [2.05, 4.69) is 20.6 Å². The van der Waals surface area contributed by atoms with Gasteiger partial charge in [0.2, 0.25) is 0 Å². The number of hydrogen-bond donors (Lipinski definition) is 2. The molecule has 4 aromatic carbocycles. The molecule has 0 radical (unpaired) electrons. The van der Waals surface area contributed by atoms with Crippen molar-refractivity contribution in [1.29, 1.82) is 0 Å². The maximum absolute atomic E-state index is 13.9. The van der Waals surface area contributed by atoms with Gasteiger partial charge in [0, 0.05) is 16.7 Å². The predicted molar refractivity (Wildman–Crippen MR) is 161 cm³/mol. The van der Waals surface area contributed by atoms with Crippen LogP contribution in [0.15, 0.2) is 70.6 Å². The highest BCUT2D eigenvalue weighted by Gasteiger charge is 2.36. The maximum atomic E-state index is 13.9. The number of aliphatic imine (C=N–C) groups is 2. The van der Waals surface area contributed by atoms with Crippen molar-refractivity contribution in [1.82, 2.24) is 0 Å². The molecule has 8 nitrogen and oxygen atoms in total. The van der Waals surface area contributed by atoms with E-state index in [1.807, 2.05) is 0 Å². The molecule has 0 bridgehead atoms. The zero-order chi connectivity index (χ0) is 29.4. The fourth-order valence-corrected chi connectivity index (χ4v) is 6.22. The Morgan fingerprint density at radius 1 is 0.524 bits per heavy atom. The number of halogens is 3. The van der Waals surface area contributed by atoms with E-state index >= 15 is 0 Å². The molecule has 2 amide bonds. The number of anilines is 2. The normalized spacial score (nSPS) is 14.7. The summed E-state index contributed by atoms with van der Waals surface area (Å²) in [5.74, 6) is -1.40. The summed E-state index contributed by atoms with van der Waals surface area (Å²) in [6.45, 7) is 1.64. The van der Waals surface area contributed by atoms with Gasteiger partial charge in [-0.2, -0.15) is 9.98 Å². The fourth-order valence-electron chi connectivity index (χ4n) is 5.47. The van der Waals surface area contributed by atoms with E-state index in [9.17, 15) is 19.2 Å². The molecule has 11 heteroatoms. The van der Waals surface area contributed by atoms with Gasteiger partial charge in [-0.15, -0.1) is 0 Å². The Morgan fingerprint density at radius 2 is 1.05 bits per heavy atom. The van der Waals surface area contributed by atoms with Crippen LogP contribution in [0.4, 0.5) is 11.4 Å². The minimum atomic E-state index is -0.561. The van der Waals surface area contributed by atoms with Crippen molar-refractivity contribution >= 4 is 81.2 Å². The topological polar surface area (TPSA) is 117 Å². The number of amidine groups is 2. The number of carbonyl (C=O) groups excluding carboxylic acids is 4. The summed E-state index contributed by atoms with van der Waals surface area (Å²) in [6.07, 6.45) is 0. The lowest BCUT2D eigenvalue weighted by Crippen LogP contribution is -2.26. The molecule has 0 unspecified atom stereocenters. The van der Waals surface area contributed by atoms with Crippen molar-refractivity contribution in [3.05, 3.63) is 126 Å². The second-order valence-corrected chi connectivity index (χ2v) is 10.9.